The zero-order valence-corrected chi connectivity index (χ0v) is 19.0. The number of carbonyl (C=O) groups is 1. The summed E-state index contributed by atoms with van der Waals surface area (Å²) in [7, 11) is 0. The van der Waals surface area contributed by atoms with Crippen LogP contribution in [-0.4, -0.2) is 28.9 Å². The van der Waals surface area contributed by atoms with Crippen LogP contribution in [0.3, 0.4) is 0 Å². The number of ether oxygens (including phenoxy) is 2. The fourth-order valence-electron chi connectivity index (χ4n) is 3.15. The van der Waals surface area contributed by atoms with Gasteiger partial charge in [0.1, 0.15) is 17.1 Å². The van der Waals surface area contributed by atoms with Gasteiger partial charge in [-0.3, -0.25) is 9.48 Å². The van der Waals surface area contributed by atoms with Crippen LogP contribution < -0.4 is 14.8 Å². The predicted molar refractivity (Wildman–Crippen MR) is 115 cm³/mol. The molecule has 0 atom stereocenters. The first kappa shape index (κ1) is 25.4. The predicted octanol–water partition coefficient (Wildman–Crippen LogP) is 5.78. The Bertz CT molecular complexity index is 1130. The molecule has 1 amide bonds. The average Bonchev–Trinajstić information content (AvgIpc) is 3.38. The highest BCUT2D eigenvalue weighted by Crippen LogP contribution is 2.35. The van der Waals surface area contributed by atoms with E-state index in [-0.39, 0.29) is 18.1 Å². The van der Waals surface area contributed by atoms with E-state index in [1.807, 2.05) is 13.8 Å². The summed E-state index contributed by atoms with van der Waals surface area (Å²) < 4.78 is 69.7. The molecule has 3 aromatic rings. The fourth-order valence-corrected chi connectivity index (χ4v) is 3.45. The first-order valence-electron chi connectivity index (χ1n) is 10.3. The van der Waals surface area contributed by atoms with Crippen molar-refractivity contribution >= 4 is 17.5 Å². The maximum Gasteiger partial charge on any atom is 0.287 e. The molecule has 1 N–H and O–H groups in total. The Labute approximate surface area is 197 Å². The summed E-state index contributed by atoms with van der Waals surface area (Å²) in [5.41, 5.74) is -1.04. The maximum absolute atomic E-state index is 13.3. The van der Waals surface area contributed by atoms with Gasteiger partial charge in [-0.2, -0.15) is 5.10 Å². The first-order chi connectivity index (χ1) is 16.2. The largest absolute Gasteiger partial charge is 0.490 e. The lowest BCUT2D eigenvalue weighted by molar-refractivity contribution is 0.0920. The molecule has 2 aromatic heterocycles. The van der Waals surface area contributed by atoms with Crippen LogP contribution in [-0.2, 0) is 13.1 Å². The van der Waals surface area contributed by atoms with E-state index < -0.39 is 41.7 Å². The summed E-state index contributed by atoms with van der Waals surface area (Å²) in [4.78, 5) is 12.5. The molecule has 0 bridgehead atoms. The minimum absolute atomic E-state index is 0.0618. The minimum Gasteiger partial charge on any atom is -0.490 e. The van der Waals surface area contributed by atoms with Gasteiger partial charge in [0.2, 0.25) is 0 Å². The molecule has 0 unspecified atom stereocenters. The topological polar surface area (TPSA) is 78.5 Å². The van der Waals surface area contributed by atoms with Crippen molar-refractivity contribution in [2.45, 2.75) is 39.8 Å². The minimum atomic E-state index is -3.12. The van der Waals surface area contributed by atoms with Gasteiger partial charge in [-0.25, -0.2) is 17.6 Å². The average molecular weight is 504 g/mol. The number of rotatable bonds is 11. The van der Waals surface area contributed by atoms with Crippen LogP contribution in [0.4, 0.5) is 17.6 Å². The normalized spacial score (nSPS) is 11.3. The molecule has 12 heteroatoms. The van der Waals surface area contributed by atoms with Crippen molar-refractivity contribution in [1.29, 1.82) is 0 Å². The summed E-state index contributed by atoms with van der Waals surface area (Å²) in [5.74, 6) is 0.557. The summed E-state index contributed by atoms with van der Waals surface area (Å²) in [6, 6.07) is 7.97. The van der Waals surface area contributed by atoms with Gasteiger partial charge in [-0.05, 0) is 43.7 Å². The molecule has 0 saturated carbocycles. The lowest BCUT2D eigenvalue weighted by Crippen LogP contribution is -2.22. The van der Waals surface area contributed by atoms with Gasteiger partial charge < -0.3 is 19.2 Å². The van der Waals surface area contributed by atoms with Gasteiger partial charge in [-0.15, -0.1) is 0 Å². The van der Waals surface area contributed by atoms with Crippen molar-refractivity contribution in [2.75, 3.05) is 13.2 Å². The number of halogens is 5. The Kier molecular flexibility index (Phi) is 8.43. The first-order valence-corrected chi connectivity index (χ1v) is 10.7. The molecule has 34 heavy (non-hydrogen) atoms. The van der Waals surface area contributed by atoms with Crippen LogP contribution >= 0.6 is 11.6 Å². The van der Waals surface area contributed by atoms with Crippen molar-refractivity contribution < 1.29 is 36.2 Å². The number of nitrogens with zero attached hydrogens (tertiary/aromatic N) is 2. The van der Waals surface area contributed by atoms with Crippen molar-refractivity contribution in [1.82, 2.24) is 15.1 Å². The number of aromatic nitrogens is 2. The third-order valence-electron chi connectivity index (χ3n) is 4.62. The molecule has 0 radical (unpaired) electrons. The van der Waals surface area contributed by atoms with E-state index in [0.29, 0.717) is 29.4 Å². The zero-order valence-electron chi connectivity index (χ0n) is 18.3. The molecule has 0 aliphatic carbocycles. The van der Waals surface area contributed by atoms with Crippen molar-refractivity contribution in [3.05, 3.63) is 63.8 Å². The number of benzene rings is 1. The Hall–Kier alpha value is -3.21. The number of alkyl halides is 4. The van der Waals surface area contributed by atoms with E-state index >= 15 is 0 Å². The molecule has 184 valence electrons. The van der Waals surface area contributed by atoms with Crippen molar-refractivity contribution in [3.63, 3.8) is 0 Å². The number of hydrogen-bond acceptors (Lipinski definition) is 5. The number of amides is 1. The van der Waals surface area contributed by atoms with Gasteiger partial charge in [0.05, 0.1) is 24.8 Å². The summed E-state index contributed by atoms with van der Waals surface area (Å²) in [6.45, 7) is 4.37. The van der Waals surface area contributed by atoms with E-state index in [1.165, 1.54) is 12.1 Å². The van der Waals surface area contributed by atoms with Crippen LogP contribution in [0.5, 0.6) is 11.5 Å². The van der Waals surface area contributed by atoms with Crippen LogP contribution in [0.25, 0.3) is 0 Å². The number of hydrogen-bond donors (Lipinski definition) is 1. The second-order valence-electron chi connectivity index (χ2n) is 6.94. The third kappa shape index (κ3) is 5.82. The Morgan fingerprint density at radius 2 is 1.79 bits per heavy atom. The summed E-state index contributed by atoms with van der Waals surface area (Å²) >= 11 is 5.64. The lowest BCUT2D eigenvalue weighted by atomic mass is 10.2. The van der Waals surface area contributed by atoms with E-state index in [0.717, 1.165) is 5.56 Å². The second-order valence-corrected chi connectivity index (χ2v) is 7.32. The molecule has 0 fully saturated rings. The number of nitrogens with one attached hydrogen (secondary N) is 1. The second kappa shape index (κ2) is 11.3. The van der Waals surface area contributed by atoms with Gasteiger partial charge in [0.15, 0.2) is 17.3 Å². The van der Waals surface area contributed by atoms with E-state index in [2.05, 4.69) is 10.4 Å². The van der Waals surface area contributed by atoms with E-state index in [1.54, 1.807) is 18.2 Å². The third-order valence-corrected chi connectivity index (χ3v) is 5.01. The standard InChI is InChI=1S/C22H22ClF4N3O4/c1-3-32-14-7-5-12(9-16(14)33-4-2)10-28-22(31)15-8-6-13(34-15)11-30-19(21(26)27)17(23)18(29-30)20(24)25/h5-9,20-21H,3-4,10-11H2,1-2H3,(H,28,31). The van der Waals surface area contributed by atoms with Crippen molar-refractivity contribution in [3.8, 4) is 11.5 Å². The molecule has 0 spiro atoms. The quantitative estimate of drug-likeness (QED) is 0.336. The van der Waals surface area contributed by atoms with E-state index in [9.17, 15) is 22.4 Å². The number of furan rings is 1. The molecule has 2 heterocycles. The number of carbonyl (C=O) groups excluding carboxylic acids is 1. The Balaban J connectivity index is 1.69. The molecule has 3 rings (SSSR count). The smallest absolute Gasteiger partial charge is 0.287 e. The lowest BCUT2D eigenvalue weighted by Gasteiger charge is -2.12. The van der Waals surface area contributed by atoms with Gasteiger partial charge in [0, 0.05) is 6.54 Å². The van der Waals surface area contributed by atoms with Crippen LogP contribution in [0.2, 0.25) is 5.02 Å². The highest BCUT2D eigenvalue weighted by molar-refractivity contribution is 6.32. The molecular weight excluding hydrogens is 482 g/mol. The van der Waals surface area contributed by atoms with Crippen molar-refractivity contribution in [2.24, 2.45) is 0 Å². The Morgan fingerprint density at radius 3 is 2.44 bits per heavy atom. The Morgan fingerprint density at radius 1 is 1.09 bits per heavy atom. The van der Waals surface area contributed by atoms with Crippen LogP contribution in [0, 0.1) is 0 Å². The van der Waals surface area contributed by atoms with Gasteiger partial charge >= 0.3 is 0 Å². The molecule has 0 aliphatic rings. The maximum atomic E-state index is 13.3. The molecule has 1 aromatic carbocycles. The molecule has 0 saturated heterocycles. The zero-order chi connectivity index (χ0) is 24.8. The summed E-state index contributed by atoms with van der Waals surface area (Å²) in [5, 5.41) is 5.36. The van der Waals surface area contributed by atoms with E-state index in [4.69, 9.17) is 25.5 Å². The molecular formula is C22H22ClF4N3O4. The molecule has 7 nitrogen and oxygen atoms in total. The van der Waals surface area contributed by atoms with Gasteiger partial charge in [0.25, 0.3) is 18.8 Å². The van der Waals surface area contributed by atoms with Gasteiger partial charge in [-0.1, -0.05) is 17.7 Å². The monoisotopic (exact) mass is 503 g/mol. The van der Waals surface area contributed by atoms with Crippen LogP contribution in [0.1, 0.15) is 60.0 Å². The molecule has 0 aliphatic heterocycles. The fraction of sp³-hybridized carbons (Fsp3) is 0.364. The SMILES string of the molecule is CCOc1ccc(CNC(=O)c2ccc(Cn3nc(C(F)F)c(Cl)c3C(F)F)o2)cc1OCC. The summed E-state index contributed by atoms with van der Waals surface area (Å²) in [6.07, 6.45) is -6.24. The van der Waals surface area contributed by atoms with Crippen LogP contribution in [0.15, 0.2) is 34.7 Å². The highest BCUT2D eigenvalue weighted by Gasteiger charge is 2.28. The highest BCUT2D eigenvalue weighted by atomic mass is 35.5.